The van der Waals surface area contributed by atoms with E-state index in [-0.39, 0.29) is 28.9 Å². The van der Waals surface area contributed by atoms with Gasteiger partial charge in [0.15, 0.2) is 5.57 Å². The topological polar surface area (TPSA) is 134 Å². The van der Waals surface area contributed by atoms with Crippen molar-refractivity contribution in [3.63, 3.8) is 0 Å². The fraction of sp³-hybridized carbons (Fsp3) is 0.417. The van der Waals surface area contributed by atoms with Gasteiger partial charge in [0.2, 0.25) is 0 Å². The summed E-state index contributed by atoms with van der Waals surface area (Å²) < 4.78 is 1.93. The van der Waals surface area contributed by atoms with Crippen LogP contribution in [-0.2, 0) is 11.3 Å². The molecule has 0 bridgehead atoms. The normalized spacial score (nSPS) is 16.3. The Kier molecular flexibility index (Phi) is 9.00. The molecule has 2 heterocycles. The van der Waals surface area contributed by atoms with E-state index in [0.717, 1.165) is 42.8 Å². The average Bonchev–Trinajstić information content (AvgIpc) is 3.17. The molecule has 0 spiro atoms. The van der Waals surface area contributed by atoms with Crippen molar-refractivity contribution < 1.29 is 9.90 Å². The molecule has 1 fully saturated rings. The number of aliphatic hydroxyl groups excluding tert-OH is 1. The maximum Gasteiger partial charge on any atom is 0.270 e. The van der Waals surface area contributed by atoms with Crippen LogP contribution in [0.15, 0.2) is 29.1 Å². The Bertz CT molecular complexity index is 1280. The molecule has 1 aromatic carbocycles. The van der Waals surface area contributed by atoms with E-state index in [1.54, 1.807) is 19.2 Å². The first-order valence-corrected chi connectivity index (χ1v) is 12.1. The fourth-order valence-corrected chi connectivity index (χ4v) is 4.96. The molecule has 0 saturated carbocycles. The summed E-state index contributed by atoms with van der Waals surface area (Å²) in [7, 11) is 0. The van der Waals surface area contributed by atoms with E-state index < -0.39 is 12.0 Å². The summed E-state index contributed by atoms with van der Waals surface area (Å²) >= 11 is 1.03. The van der Waals surface area contributed by atoms with Crippen molar-refractivity contribution >= 4 is 34.7 Å². The molecule has 1 amide bonds. The summed E-state index contributed by atoms with van der Waals surface area (Å²) in [6.45, 7) is 4.40. The van der Waals surface area contributed by atoms with Crippen LogP contribution in [0, 0.1) is 22.7 Å². The third-order valence-electron chi connectivity index (χ3n) is 5.63. The van der Waals surface area contributed by atoms with Gasteiger partial charge in [0.05, 0.1) is 12.2 Å². The molecule has 1 aliphatic rings. The van der Waals surface area contributed by atoms with Gasteiger partial charge in [0.1, 0.15) is 21.8 Å². The lowest BCUT2D eigenvalue weighted by molar-refractivity contribution is -0.115. The molecule has 1 aliphatic heterocycles. The summed E-state index contributed by atoms with van der Waals surface area (Å²) in [5.74, 6) is -0.692. The number of rotatable bonds is 8. The highest BCUT2D eigenvalue weighted by molar-refractivity contribution is 7.07. The molecule has 1 atom stereocenters. The van der Waals surface area contributed by atoms with Crippen LogP contribution in [0.3, 0.4) is 0 Å². The summed E-state index contributed by atoms with van der Waals surface area (Å²) in [4.78, 5) is 27.4. The molecular formula is C24H28N6O3S. The van der Waals surface area contributed by atoms with Gasteiger partial charge in [-0.15, -0.1) is 11.3 Å². The van der Waals surface area contributed by atoms with Gasteiger partial charge < -0.3 is 20.6 Å². The number of benzene rings is 1. The smallest absolute Gasteiger partial charge is 0.270 e. The molecule has 3 rings (SSSR count). The van der Waals surface area contributed by atoms with E-state index >= 15 is 0 Å². The number of nitrogens with zero attached hydrogens (tertiary/aromatic N) is 4. The predicted octanol–water partition coefficient (Wildman–Crippen LogP) is 0.613. The molecule has 1 saturated heterocycles. The van der Waals surface area contributed by atoms with Gasteiger partial charge >= 0.3 is 0 Å². The van der Waals surface area contributed by atoms with Gasteiger partial charge in [-0.3, -0.25) is 14.2 Å². The van der Waals surface area contributed by atoms with Gasteiger partial charge in [-0.1, -0.05) is 18.6 Å². The van der Waals surface area contributed by atoms with Crippen LogP contribution >= 0.6 is 11.3 Å². The molecule has 1 aromatic heterocycles. The van der Waals surface area contributed by atoms with E-state index in [1.807, 2.05) is 30.3 Å². The van der Waals surface area contributed by atoms with Crippen LogP contribution in [0.2, 0.25) is 0 Å². The van der Waals surface area contributed by atoms with Crippen molar-refractivity contribution in [2.75, 3.05) is 31.5 Å². The van der Waals surface area contributed by atoms with Gasteiger partial charge in [-0.2, -0.15) is 10.5 Å². The van der Waals surface area contributed by atoms with Crippen molar-refractivity contribution in [1.82, 2.24) is 14.8 Å². The quantitative estimate of drug-likeness (QED) is 0.471. The van der Waals surface area contributed by atoms with Crippen LogP contribution in [0.4, 0.5) is 5.69 Å². The lowest BCUT2D eigenvalue weighted by Gasteiger charge is -2.28. The van der Waals surface area contributed by atoms with E-state index in [4.69, 9.17) is 5.26 Å². The molecule has 10 heteroatoms. The third-order valence-corrected chi connectivity index (χ3v) is 6.76. The molecule has 178 valence electrons. The number of nitriles is 2. The summed E-state index contributed by atoms with van der Waals surface area (Å²) in [6, 6.07) is 11.0. The first kappa shape index (κ1) is 25.2. The molecule has 34 heavy (non-hydrogen) atoms. The Balaban J connectivity index is 1.86. The highest BCUT2D eigenvalue weighted by Gasteiger charge is 2.17. The Morgan fingerprint density at radius 3 is 2.74 bits per heavy atom. The summed E-state index contributed by atoms with van der Waals surface area (Å²) in [5, 5.41) is 34.3. The van der Waals surface area contributed by atoms with E-state index in [9.17, 15) is 20.0 Å². The first-order valence-electron chi connectivity index (χ1n) is 11.2. The number of anilines is 1. The molecule has 2 aromatic rings. The van der Waals surface area contributed by atoms with Crippen LogP contribution in [0.1, 0.15) is 37.9 Å². The molecule has 3 N–H and O–H groups in total. The number of piperidine rings is 1. The highest BCUT2D eigenvalue weighted by atomic mass is 32.1. The molecule has 1 unspecified atom stereocenters. The maximum absolute atomic E-state index is 12.8. The number of hydrogen-bond donors (Lipinski definition) is 3. The second kappa shape index (κ2) is 12.1. The predicted molar refractivity (Wildman–Crippen MR) is 131 cm³/mol. The van der Waals surface area contributed by atoms with Crippen molar-refractivity contribution in [2.24, 2.45) is 0 Å². The van der Waals surface area contributed by atoms with Gasteiger partial charge in [-0.25, -0.2) is 0 Å². The van der Waals surface area contributed by atoms with Crippen LogP contribution in [0.25, 0.3) is 11.8 Å². The first-order chi connectivity index (χ1) is 16.5. The molecule has 0 radical (unpaired) electrons. The number of β-amino-alcohol motifs (C(OH)–C–C–N with tert-alkyl or cyclic N) is 1. The summed E-state index contributed by atoms with van der Waals surface area (Å²) in [5.41, 5.74) is 0.971. The number of hydrogen-bond acceptors (Lipinski definition) is 8. The minimum absolute atomic E-state index is 0.207. The lowest BCUT2D eigenvalue weighted by atomic mass is 10.1. The van der Waals surface area contributed by atoms with Crippen LogP contribution in [0.5, 0.6) is 0 Å². The number of carbonyl (C=O) groups excluding carboxylic acids is 1. The monoisotopic (exact) mass is 480 g/mol. The third kappa shape index (κ3) is 6.12. The van der Waals surface area contributed by atoms with Crippen molar-refractivity contribution in [1.29, 1.82) is 10.5 Å². The standard InChI is InChI=1S/C24H28N6O3S/c1-2-30-23(33)21(34-24(30)19(14-26)22(32)27-10-9-25)15-28-18-8-6-7-17(13-18)20(31)16-29-11-4-3-5-12-29/h6-8,13,15,20,28,31H,2-5,10-12,16H2,1H3,(H,27,32)/b21-15+,24-19-. The zero-order valence-electron chi connectivity index (χ0n) is 19.1. The van der Waals surface area contributed by atoms with Gasteiger partial charge in [-0.05, 0) is 50.6 Å². The Morgan fingerprint density at radius 1 is 1.29 bits per heavy atom. The fourth-order valence-electron chi connectivity index (χ4n) is 3.87. The average molecular weight is 481 g/mol. The maximum atomic E-state index is 12.8. The number of thiazole rings is 1. The zero-order valence-corrected chi connectivity index (χ0v) is 19.9. The SMILES string of the molecule is CCn1c(=O)/c(=C\Nc2cccc(C(O)CN3CCCCC3)c2)s/c1=C(/C#N)C(=O)NCC#N. The second-order valence-electron chi connectivity index (χ2n) is 7.94. The van der Waals surface area contributed by atoms with Crippen molar-refractivity contribution in [3.05, 3.63) is 49.4 Å². The minimum Gasteiger partial charge on any atom is -0.387 e. The zero-order chi connectivity index (χ0) is 24.5. The van der Waals surface area contributed by atoms with E-state index in [0.29, 0.717) is 16.8 Å². The number of amides is 1. The Labute approximate surface area is 201 Å². The van der Waals surface area contributed by atoms with E-state index in [1.165, 1.54) is 11.0 Å². The van der Waals surface area contributed by atoms with Crippen LogP contribution in [-0.4, -0.2) is 46.7 Å². The molecule has 0 aliphatic carbocycles. The molecule has 9 nitrogen and oxygen atoms in total. The van der Waals surface area contributed by atoms with Crippen molar-refractivity contribution in [2.45, 2.75) is 38.8 Å². The number of aromatic nitrogens is 1. The Hall–Kier alpha value is -3.44. The van der Waals surface area contributed by atoms with E-state index in [2.05, 4.69) is 15.5 Å². The second-order valence-corrected chi connectivity index (χ2v) is 8.97. The number of carbonyl (C=O) groups is 1. The van der Waals surface area contributed by atoms with Crippen LogP contribution < -0.4 is 25.4 Å². The number of nitrogens with one attached hydrogen (secondary N) is 2. The van der Waals surface area contributed by atoms with Gasteiger partial charge in [0, 0.05) is 25.0 Å². The minimum atomic E-state index is -0.692. The molecular weight excluding hydrogens is 452 g/mol. The largest absolute Gasteiger partial charge is 0.387 e. The highest BCUT2D eigenvalue weighted by Crippen LogP contribution is 2.20. The Morgan fingerprint density at radius 2 is 2.06 bits per heavy atom. The lowest BCUT2D eigenvalue weighted by Crippen LogP contribution is -2.34. The number of aliphatic hydroxyl groups is 1. The van der Waals surface area contributed by atoms with Gasteiger partial charge in [0.25, 0.3) is 11.5 Å². The number of likely N-dealkylation sites (tertiary alicyclic amines) is 1. The van der Waals surface area contributed by atoms with Crippen molar-refractivity contribution in [3.8, 4) is 12.1 Å². The summed E-state index contributed by atoms with van der Waals surface area (Å²) in [6.07, 6.45) is 4.49.